The van der Waals surface area contributed by atoms with Crippen LogP contribution in [-0.2, 0) is 4.79 Å². The number of hydrogen-bond acceptors (Lipinski definition) is 5. The van der Waals surface area contributed by atoms with Crippen molar-refractivity contribution in [1.82, 2.24) is 9.88 Å². The van der Waals surface area contributed by atoms with E-state index in [1.807, 2.05) is 65.0 Å². The van der Waals surface area contributed by atoms with Gasteiger partial charge in [-0.15, -0.1) is 22.7 Å². The van der Waals surface area contributed by atoms with Crippen LogP contribution in [0.5, 0.6) is 0 Å². The van der Waals surface area contributed by atoms with Crippen LogP contribution in [-0.4, -0.2) is 28.7 Å². The monoisotopic (exact) mass is 415 g/mol. The number of thiazole rings is 1. The number of carbonyl (C=O) groups excluding carboxylic acids is 2. The van der Waals surface area contributed by atoms with Gasteiger partial charge in [0, 0.05) is 12.5 Å². The van der Waals surface area contributed by atoms with Gasteiger partial charge in [0.1, 0.15) is 5.01 Å². The van der Waals surface area contributed by atoms with Crippen LogP contribution < -0.4 is 5.32 Å². The van der Waals surface area contributed by atoms with Crippen LogP contribution in [0.15, 0.2) is 30.3 Å². The summed E-state index contributed by atoms with van der Waals surface area (Å²) in [4.78, 5) is 32.3. The number of hydrogen-bond donors (Lipinski definition) is 1. The summed E-state index contributed by atoms with van der Waals surface area (Å²) in [5.41, 5.74) is 1.33. The highest BCUT2D eigenvalue weighted by atomic mass is 32.1. The van der Waals surface area contributed by atoms with E-state index in [1.54, 1.807) is 23.3 Å². The van der Waals surface area contributed by atoms with Gasteiger partial charge in [0.05, 0.1) is 26.1 Å². The number of amides is 2. The lowest BCUT2D eigenvalue weighted by molar-refractivity contribution is -0.123. The van der Waals surface area contributed by atoms with E-state index in [4.69, 9.17) is 0 Å². The Bertz CT molecular complexity index is 997. The molecule has 3 aromatic rings. The molecule has 7 heteroatoms. The molecular formula is C21H25N3O2S2. The standard InChI is InChI=1S/C21H25N3O2S2/c1-12-11-16(23-20(26)21(3,4)5)28-17(12)19(25)24(6)13(2)18-22-14-9-7-8-10-15(14)27-18/h7-11,13H,1-6H3,(H,23,26). The lowest BCUT2D eigenvalue weighted by Gasteiger charge is -2.23. The molecule has 28 heavy (non-hydrogen) atoms. The molecule has 0 saturated carbocycles. The molecule has 0 bridgehead atoms. The summed E-state index contributed by atoms with van der Waals surface area (Å²) >= 11 is 2.93. The lowest BCUT2D eigenvalue weighted by atomic mass is 9.96. The summed E-state index contributed by atoms with van der Waals surface area (Å²) in [6.45, 7) is 9.47. The molecule has 0 aliphatic heterocycles. The molecule has 0 saturated heterocycles. The molecule has 1 aromatic carbocycles. The van der Waals surface area contributed by atoms with Crippen molar-refractivity contribution in [3.05, 3.63) is 45.8 Å². The van der Waals surface area contributed by atoms with E-state index < -0.39 is 5.41 Å². The number of aryl methyl sites for hydroxylation is 1. The number of thiophene rings is 1. The number of nitrogens with one attached hydrogen (secondary N) is 1. The highest BCUT2D eigenvalue weighted by Crippen LogP contribution is 2.33. The second kappa shape index (κ2) is 7.64. The predicted molar refractivity (Wildman–Crippen MR) is 117 cm³/mol. The second-order valence-electron chi connectivity index (χ2n) is 7.94. The zero-order chi connectivity index (χ0) is 20.6. The van der Waals surface area contributed by atoms with Crippen LogP contribution >= 0.6 is 22.7 Å². The van der Waals surface area contributed by atoms with Crippen molar-refractivity contribution in [1.29, 1.82) is 0 Å². The largest absolute Gasteiger partial charge is 0.332 e. The summed E-state index contributed by atoms with van der Waals surface area (Å²) in [6, 6.07) is 9.70. The third-order valence-electron chi connectivity index (χ3n) is 4.60. The Balaban J connectivity index is 1.80. The van der Waals surface area contributed by atoms with E-state index in [0.29, 0.717) is 9.88 Å². The Kier molecular flexibility index (Phi) is 5.59. The van der Waals surface area contributed by atoms with Crippen LogP contribution in [0, 0.1) is 12.3 Å². The fourth-order valence-electron chi connectivity index (χ4n) is 2.63. The first-order chi connectivity index (χ1) is 13.1. The number of benzene rings is 1. The first kappa shape index (κ1) is 20.5. The molecule has 2 amide bonds. The Morgan fingerprint density at radius 1 is 1.18 bits per heavy atom. The minimum Gasteiger partial charge on any atom is -0.332 e. The second-order valence-corrected chi connectivity index (χ2v) is 10.1. The van der Waals surface area contributed by atoms with Gasteiger partial charge in [-0.2, -0.15) is 0 Å². The van der Waals surface area contributed by atoms with Gasteiger partial charge in [-0.3, -0.25) is 9.59 Å². The van der Waals surface area contributed by atoms with Crippen LogP contribution in [0.25, 0.3) is 10.2 Å². The number of fused-ring (bicyclic) bond motifs is 1. The first-order valence-corrected chi connectivity index (χ1v) is 10.8. The van der Waals surface area contributed by atoms with E-state index in [2.05, 4.69) is 10.3 Å². The normalized spacial score (nSPS) is 12.8. The van der Waals surface area contributed by atoms with Crippen LogP contribution in [0.3, 0.4) is 0 Å². The van der Waals surface area contributed by atoms with Crippen LogP contribution in [0.1, 0.15) is 54.0 Å². The van der Waals surface area contributed by atoms with Crippen LogP contribution in [0.2, 0.25) is 0 Å². The van der Waals surface area contributed by atoms with Crippen molar-refractivity contribution in [2.24, 2.45) is 5.41 Å². The van der Waals surface area contributed by atoms with E-state index >= 15 is 0 Å². The quantitative estimate of drug-likeness (QED) is 0.613. The predicted octanol–water partition coefficient (Wildman–Crippen LogP) is 5.48. The van der Waals surface area contributed by atoms with Crippen molar-refractivity contribution in [2.75, 3.05) is 12.4 Å². The molecule has 1 unspecified atom stereocenters. The van der Waals surface area contributed by atoms with Gasteiger partial charge in [-0.1, -0.05) is 32.9 Å². The van der Waals surface area contributed by atoms with Gasteiger partial charge in [-0.05, 0) is 37.6 Å². The highest BCUT2D eigenvalue weighted by molar-refractivity contribution is 7.19. The molecule has 0 spiro atoms. The molecule has 0 fully saturated rings. The summed E-state index contributed by atoms with van der Waals surface area (Å²) in [6.07, 6.45) is 0. The average Bonchev–Trinajstić information content (AvgIpc) is 3.22. The van der Waals surface area contributed by atoms with Crippen molar-refractivity contribution in [3.63, 3.8) is 0 Å². The molecule has 1 N–H and O–H groups in total. The number of aromatic nitrogens is 1. The molecule has 1 atom stereocenters. The number of nitrogens with zero attached hydrogens (tertiary/aromatic N) is 2. The first-order valence-electron chi connectivity index (χ1n) is 9.12. The summed E-state index contributed by atoms with van der Waals surface area (Å²) < 4.78 is 1.12. The van der Waals surface area contributed by atoms with Gasteiger partial charge in [0.2, 0.25) is 5.91 Å². The fraction of sp³-hybridized carbons (Fsp3) is 0.381. The molecule has 0 aliphatic carbocycles. The third kappa shape index (κ3) is 4.10. The Hall–Kier alpha value is -2.25. The zero-order valence-corrected chi connectivity index (χ0v) is 18.6. The van der Waals surface area contributed by atoms with E-state index in [9.17, 15) is 9.59 Å². The number of carbonyl (C=O) groups is 2. The maximum atomic E-state index is 13.1. The third-order valence-corrected chi connectivity index (χ3v) is 6.95. The SMILES string of the molecule is Cc1cc(NC(=O)C(C)(C)C)sc1C(=O)N(C)C(C)c1nc2ccccc2s1. The molecule has 2 heterocycles. The minimum absolute atomic E-state index is 0.0643. The zero-order valence-electron chi connectivity index (χ0n) is 17.0. The van der Waals surface area contributed by atoms with Crippen molar-refractivity contribution in [2.45, 2.75) is 40.7 Å². The summed E-state index contributed by atoms with van der Waals surface area (Å²) in [5.74, 6) is -0.130. The van der Waals surface area contributed by atoms with Crippen molar-refractivity contribution >= 4 is 49.7 Å². The fourth-order valence-corrected chi connectivity index (χ4v) is 4.74. The molecule has 0 aliphatic rings. The summed E-state index contributed by atoms with van der Waals surface area (Å²) in [5, 5.41) is 4.52. The van der Waals surface area contributed by atoms with Gasteiger partial charge >= 0.3 is 0 Å². The Morgan fingerprint density at radius 2 is 1.86 bits per heavy atom. The number of rotatable bonds is 4. The molecule has 2 aromatic heterocycles. The maximum absolute atomic E-state index is 13.1. The lowest BCUT2D eigenvalue weighted by Crippen LogP contribution is -2.29. The van der Waals surface area contributed by atoms with E-state index in [1.165, 1.54) is 11.3 Å². The van der Waals surface area contributed by atoms with Gasteiger partial charge < -0.3 is 10.2 Å². The summed E-state index contributed by atoms with van der Waals surface area (Å²) in [7, 11) is 1.80. The van der Waals surface area contributed by atoms with Crippen molar-refractivity contribution < 1.29 is 9.59 Å². The topological polar surface area (TPSA) is 62.3 Å². The maximum Gasteiger partial charge on any atom is 0.264 e. The highest BCUT2D eigenvalue weighted by Gasteiger charge is 2.26. The number of para-hydroxylation sites is 1. The van der Waals surface area contributed by atoms with Gasteiger partial charge in [-0.25, -0.2) is 4.98 Å². The average molecular weight is 416 g/mol. The van der Waals surface area contributed by atoms with E-state index in [-0.39, 0.29) is 17.9 Å². The molecular weight excluding hydrogens is 390 g/mol. The van der Waals surface area contributed by atoms with E-state index in [0.717, 1.165) is 20.8 Å². The van der Waals surface area contributed by atoms with Gasteiger partial charge in [0.25, 0.3) is 5.91 Å². The van der Waals surface area contributed by atoms with Crippen LogP contribution in [0.4, 0.5) is 5.00 Å². The smallest absolute Gasteiger partial charge is 0.264 e. The molecule has 3 rings (SSSR count). The number of anilines is 1. The molecule has 0 radical (unpaired) electrons. The molecule has 5 nitrogen and oxygen atoms in total. The Labute approximate surface area is 173 Å². The van der Waals surface area contributed by atoms with Crippen molar-refractivity contribution in [3.8, 4) is 0 Å². The minimum atomic E-state index is -0.486. The Morgan fingerprint density at radius 3 is 2.50 bits per heavy atom. The van der Waals surface area contributed by atoms with Gasteiger partial charge in [0.15, 0.2) is 0 Å². The molecule has 148 valence electrons.